The number of aromatic nitrogens is 3. The molecule has 0 atom stereocenters. The molecule has 20 heavy (non-hydrogen) atoms. The Bertz CT molecular complexity index is 490. The van der Waals surface area contributed by atoms with E-state index in [0.29, 0.717) is 5.92 Å². The highest BCUT2D eigenvalue weighted by Gasteiger charge is 2.01. The predicted molar refractivity (Wildman–Crippen MR) is 81.3 cm³/mol. The van der Waals surface area contributed by atoms with Crippen LogP contribution in [0.2, 0.25) is 0 Å². The highest BCUT2D eigenvalue weighted by Crippen LogP contribution is 2.04. The molecule has 0 spiro atoms. The van der Waals surface area contributed by atoms with E-state index in [1.54, 1.807) is 0 Å². The third-order valence-electron chi connectivity index (χ3n) is 3.14. The average Bonchev–Trinajstić information content (AvgIpc) is 2.87. The molecular weight excluding hydrogens is 248 g/mol. The lowest BCUT2D eigenvalue weighted by molar-refractivity contribution is 0.547. The van der Waals surface area contributed by atoms with Gasteiger partial charge < -0.3 is 5.32 Å². The van der Waals surface area contributed by atoms with Crippen LogP contribution in [-0.4, -0.2) is 21.5 Å². The Hall–Kier alpha value is -1.68. The number of rotatable bonds is 8. The quantitative estimate of drug-likeness (QED) is 0.803. The zero-order chi connectivity index (χ0) is 14.2. The van der Waals surface area contributed by atoms with Gasteiger partial charge in [0.05, 0.1) is 5.69 Å². The lowest BCUT2D eigenvalue weighted by atomic mass is 10.1. The van der Waals surface area contributed by atoms with Crippen molar-refractivity contribution in [2.45, 2.75) is 39.8 Å². The molecule has 0 amide bonds. The van der Waals surface area contributed by atoms with Gasteiger partial charge in [-0.25, -0.2) is 0 Å². The van der Waals surface area contributed by atoms with Crippen LogP contribution in [0.5, 0.6) is 0 Å². The van der Waals surface area contributed by atoms with Crippen LogP contribution in [0.4, 0.5) is 0 Å². The fourth-order valence-corrected chi connectivity index (χ4v) is 2.11. The molecule has 1 aromatic carbocycles. The summed E-state index contributed by atoms with van der Waals surface area (Å²) in [5.41, 5.74) is 2.40. The molecular formula is C16H24N4. The van der Waals surface area contributed by atoms with Crippen molar-refractivity contribution >= 4 is 0 Å². The first-order valence-corrected chi connectivity index (χ1v) is 7.37. The Morgan fingerprint density at radius 2 is 2.00 bits per heavy atom. The number of benzene rings is 1. The molecule has 0 radical (unpaired) electrons. The second-order valence-electron chi connectivity index (χ2n) is 5.59. The number of hydrogen-bond acceptors (Lipinski definition) is 3. The Kier molecular flexibility index (Phi) is 5.74. The summed E-state index contributed by atoms with van der Waals surface area (Å²) in [6.45, 7) is 7.14. The molecule has 0 bridgehead atoms. The summed E-state index contributed by atoms with van der Waals surface area (Å²) in [5.74, 6) is 0.663. The lowest BCUT2D eigenvalue weighted by Crippen LogP contribution is -2.19. The standard InChI is InChI=1S/C16H24N4/c1-14(2)11-17-12-16-13-20(19-18-16)10-6-9-15-7-4-3-5-8-15/h3-5,7-8,13-14,17H,6,9-12H2,1-2H3. The van der Waals surface area contributed by atoms with E-state index in [1.807, 2.05) is 10.9 Å². The van der Waals surface area contributed by atoms with E-state index in [2.05, 4.69) is 59.8 Å². The van der Waals surface area contributed by atoms with Gasteiger partial charge in [0, 0.05) is 19.3 Å². The van der Waals surface area contributed by atoms with Crippen LogP contribution in [0.15, 0.2) is 36.5 Å². The molecule has 1 heterocycles. The summed E-state index contributed by atoms with van der Waals surface area (Å²) in [5, 5.41) is 11.7. The van der Waals surface area contributed by atoms with Crippen molar-refractivity contribution in [2.24, 2.45) is 5.92 Å². The maximum absolute atomic E-state index is 4.19. The van der Waals surface area contributed by atoms with E-state index in [9.17, 15) is 0 Å². The van der Waals surface area contributed by atoms with E-state index in [4.69, 9.17) is 0 Å². The summed E-state index contributed by atoms with van der Waals surface area (Å²) in [4.78, 5) is 0. The summed E-state index contributed by atoms with van der Waals surface area (Å²) < 4.78 is 1.94. The lowest BCUT2D eigenvalue weighted by Gasteiger charge is -2.04. The van der Waals surface area contributed by atoms with Crippen LogP contribution in [0.25, 0.3) is 0 Å². The molecule has 1 N–H and O–H groups in total. The van der Waals surface area contributed by atoms with Crippen molar-refractivity contribution < 1.29 is 0 Å². The minimum Gasteiger partial charge on any atom is -0.311 e. The number of nitrogens with one attached hydrogen (secondary N) is 1. The summed E-state index contributed by atoms with van der Waals surface area (Å²) >= 11 is 0. The summed E-state index contributed by atoms with van der Waals surface area (Å²) in [7, 11) is 0. The van der Waals surface area contributed by atoms with E-state index in [1.165, 1.54) is 5.56 Å². The van der Waals surface area contributed by atoms with E-state index >= 15 is 0 Å². The van der Waals surface area contributed by atoms with Gasteiger partial charge in [-0.1, -0.05) is 49.4 Å². The molecule has 0 aliphatic heterocycles. The Balaban J connectivity index is 1.70. The second kappa shape index (κ2) is 7.80. The molecule has 0 aliphatic carbocycles. The van der Waals surface area contributed by atoms with Crippen LogP contribution in [0.1, 0.15) is 31.5 Å². The first-order valence-electron chi connectivity index (χ1n) is 7.37. The van der Waals surface area contributed by atoms with E-state index in [0.717, 1.165) is 38.2 Å². The van der Waals surface area contributed by atoms with Crippen LogP contribution >= 0.6 is 0 Å². The minimum absolute atomic E-state index is 0.663. The normalized spacial score (nSPS) is 11.2. The largest absolute Gasteiger partial charge is 0.311 e. The highest BCUT2D eigenvalue weighted by atomic mass is 15.4. The Morgan fingerprint density at radius 3 is 2.75 bits per heavy atom. The highest BCUT2D eigenvalue weighted by molar-refractivity contribution is 5.14. The molecule has 2 aromatic rings. The molecule has 0 fully saturated rings. The van der Waals surface area contributed by atoms with E-state index in [-0.39, 0.29) is 0 Å². The van der Waals surface area contributed by atoms with Gasteiger partial charge in [-0.2, -0.15) is 0 Å². The van der Waals surface area contributed by atoms with Crippen LogP contribution in [-0.2, 0) is 19.5 Å². The molecule has 4 nitrogen and oxygen atoms in total. The van der Waals surface area contributed by atoms with Crippen LogP contribution in [0.3, 0.4) is 0 Å². The summed E-state index contributed by atoms with van der Waals surface area (Å²) in [6.07, 6.45) is 4.21. The first kappa shape index (κ1) is 14.7. The number of hydrogen-bond donors (Lipinski definition) is 1. The topological polar surface area (TPSA) is 42.7 Å². The zero-order valence-corrected chi connectivity index (χ0v) is 12.4. The van der Waals surface area contributed by atoms with Crippen molar-refractivity contribution in [1.29, 1.82) is 0 Å². The molecule has 0 saturated carbocycles. The average molecular weight is 272 g/mol. The fraction of sp³-hybridized carbons (Fsp3) is 0.500. The maximum Gasteiger partial charge on any atom is 0.0964 e. The van der Waals surface area contributed by atoms with E-state index < -0.39 is 0 Å². The van der Waals surface area contributed by atoms with Gasteiger partial charge in [-0.15, -0.1) is 5.10 Å². The monoisotopic (exact) mass is 272 g/mol. The Morgan fingerprint density at radius 1 is 1.20 bits per heavy atom. The molecule has 2 rings (SSSR count). The van der Waals surface area contributed by atoms with Crippen molar-refractivity contribution in [2.75, 3.05) is 6.54 Å². The predicted octanol–water partition coefficient (Wildman–Crippen LogP) is 2.66. The summed E-state index contributed by atoms with van der Waals surface area (Å²) in [6, 6.07) is 10.6. The third-order valence-corrected chi connectivity index (χ3v) is 3.14. The smallest absolute Gasteiger partial charge is 0.0964 e. The van der Waals surface area contributed by atoms with Crippen molar-refractivity contribution in [3.05, 3.63) is 47.8 Å². The van der Waals surface area contributed by atoms with Crippen LogP contribution < -0.4 is 5.32 Å². The molecule has 108 valence electrons. The molecule has 0 aliphatic rings. The molecule has 0 saturated heterocycles. The zero-order valence-electron chi connectivity index (χ0n) is 12.4. The molecule has 4 heteroatoms. The SMILES string of the molecule is CC(C)CNCc1cn(CCCc2ccccc2)nn1. The van der Waals surface area contributed by atoms with Gasteiger partial charge >= 0.3 is 0 Å². The van der Waals surface area contributed by atoms with Gasteiger partial charge in [-0.3, -0.25) is 4.68 Å². The fourth-order valence-electron chi connectivity index (χ4n) is 2.11. The first-order chi connectivity index (χ1) is 9.74. The van der Waals surface area contributed by atoms with Gasteiger partial charge in [0.2, 0.25) is 0 Å². The molecule has 1 aromatic heterocycles. The number of nitrogens with zero attached hydrogens (tertiary/aromatic N) is 3. The minimum atomic E-state index is 0.663. The van der Waals surface area contributed by atoms with Gasteiger partial charge in [-0.05, 0) is 30.9 Å². The van der Waals surface area contributed by atoms with Crippen molar-refractivity contribution in [3.8, 4) is 0 Å². The number of aryl methyl sites for hydroxylation is 2. The van der Waals surface area contributed by atoms with Crippen LogP contribution in [0, 0.1) is 5.92 Å². The van der Waals surface area contributed by atoms with Gasteiger partial charge in [0.15, 0.2) is 0 Å². The third kappa shape index (κ3) is 5.13. The van der Waals surface area contributed by atoms with Crippen molar-refractivity contribution in [3.63, 3.8) is 0 Å². The maximum atomic E-state index is 4.19. The van der Waals surface area contributed by atoms with Gasteiger partial charge in [0.25, 0.3) is 0 Å². The second-order valence-corrected chi connectivity index (χ2v) is 5.59. The Labute approximate surface area is 121 Å². The van der Waals surface area contributed by atoms with Gasteiger partial charge in [0.1, 0.15) is 0 Å². The van der Waals surface area contributed by atoms with Crippen molar-refractivity contribution in [1.82, 2.24) is 20.3 Å². The molecule has 0 unspecified atom stereocenters.